The topological polar surface area (TPSA) is 59.6 Å². The minimum absolute atomic E-state index is 0.293. The molecular weight excluding hydrogens is 354 g/mol. The number of nitrogens with zero attached hydrogens (tertiary/aromatic N) is 1. The van der Waals surface area contributed by atoms with Gasteiger partial charge in [-0.05, 0) is 48.6 Å². The molecule has 0 aliphatic heterocycles. The van der Waals surface area contributed by atoms with E-state index in [1.807, 2.05) is 24.3 Å². The largest absolute Gasteiger partial charge is 0.497 e. The Morgan fingerprint density at radius 1 is 1.22 bits per heavy atom. The molecule has 1 saturated carbocycles. The lowest BCUT2D eigenvalue weighted by atomic mass is 9.76. The number of guanidine groups is 1. The average Bonchev–Trinajstić information content (AvgIpc) is 2.52. The fourth-order valence-electron chi connectivity index (χ4n) is 2.78. The summed E-state index contributed by atoms with van der Waals surface area (Å²) < 4.78 is 6.31. The maximum atomic E-state index is 6.00. The lowest BCUT2D eigenvalue weighted by Crippen LogP contribution is -2.31. The van der Waals surface area contributed by atoms with Gasteiger partial charge in [-0.3, -0.25) is 0 Å². The molecule has 0 radical (unpaired) electrons. The summed E-state index contributed by atoms with van der Waals surface area (Å²) in [6, 6.07) is 16.5. The molecule has 1 aliphatic rings. The first-order chi connectivity index (χ1) is 11.1. The molecule has 4 nitrogen and oxygen atoms in total. The van der Waals surface area contributed by atoms with Crippen molar-refractivity contribution in [2.24, 2.45) is 10.7 Å². The van der Waals surface area contributed by atoms with Gasteiger partial charge in [0.15, 0.2) is 5.96 Å². The van der Waals surface area contributed by atoms with Gasteiger partial charge in [0.05, 0.1) is 13.2 Å². The summed E-state index contributed by atoms with van der Waals surface area (Å²) in [5.74, 6) is 1.83. The smallest absolute Gasteiger partial charge is 0.193 e. The molecule has 0 unspecified atom stereocenters. The van der Waals surface area contributed by atoms with Crippen molar-refractivity contribution in [3.63, 3.8) is 0 Å². The van der Waals surface area contributed by atoms with E-state index in [-0.39, 0.29) is 0 Å². The highest BCUT2D eigenvalue weighted by Gasteiger charge is 2.30. The number of ether oxygens (including phenoxy) is 1. The second kappa shape index (κ2) is 7.04. The van der Waals surface area contributed by atoms with Crippen LogP contribution >= 0.6 is 15.9 Å². The number of benzene rings is 2. The number of hydrogen-bond donors (Lipinski definition) is 2. The van der Waals surface area contributed by atoms with Crippen LogP contribution in [0.1, 0.15) is 24.3 Å². The third-order valence-electron chi connectivity index (χ3n) is 4.12. The molecule has 120 valence electrons. The quantitative estimate of drug-likeness (QED) is 0.625. The minimum atomic E-state index is 0.293. The Hall–Kier alpha value is -2.01. The second-order valence-electron chi connectivity index (χ2n) is 5.74. The van der Waals surface area contributed by atoms with Gasteiger partial charge in [-0.15, -0.1) is 0 Å². The summed E-state index contributed by atoms with van der Waals surface area (Å²) in [6.45, 7) is 0. The predicted molar refractivity (Wildman–Crippen MR) is 98.1 cm³/mol. The van der Waals surface area contributed by atoms with E-state index < -0.39 is 0 Å². The Morgan fingerprint density at radius 3 is 2.65 bits per heavy atom. The third-order valence-corrected chi connectivity index (χ3v) is 4.65. The van der Waals surface area contributed by atoms with Crippen molar-refractivity contribution >= 4 is 27.6 Å². The molecule has 0 amide bonds. The van der Waals surface area contributed by atoms with Crippen LogP contribution in [0.2, 0.25) is 0 Å². The van der Waals surface area contributed by atoms with Crippen LogP contribution in [0.25, 0.3) is 0 Å². The first-order valence-electron chi connectivity index (χ1n) is 7.64. The number of nitrogens with one attached hydrogen (secondary N) is 1. The van der Waals surface area contributed by atoms with Gasteiger partial charge < -0.3 is 15.8 Å². The van der Waals surface area contributed by atoms with Gasteiger partial charge in [0.2, 0.25) is 0 Å². The van der Waals surface area contributed by atoms with Gasteiger partial charge in [0, 0.05) is 16.2 Å². The van der Waals surface area contributed by atoms with Gasteiger partial charge in [0.25, 0.3) is 0 Å². The predicted octanol–water partition coefficient (Wildman–Crippen LogP) is 4.13. The van der Waals surface area contributed by atoms with Crippen LogP contribution in [-0.4, -0.2) is 19.1 Å². The molecule has 2 aromatic carbocycles. The van der Waals surface area contributed by atoms with Crippen molar-refractivity contribution in [1.29, 1.82) is 0 Å². The van der Waals surface area contributed by atoms with E-state index in [1.54, 1.807) is 7.11 Å². The molecule has 1 aliphatic carbocycles. The fraction of sp³-hybridized carbons (Fsp3) is 0.278. The van der Waals surface area contributed by atoms with Crippen molar-refractivity contribution in [1.82, 2.24) is 0 Å². The molecule has 3 rings (SSSR count). The fourth-order valence-corrected chi connectivity index (χ4v) is 3.04. The molecule has 0 spiro atoms. The van der Waals surface area contributed by atoms with E-state index in [1.165, 1.54) is 5.56 Å². The van der Waals surface area contributed by atoms with Crippen LogP contribution in [-0.2, 0) is 0 Å². The summed E-state index contributed by atoms with van der Waals surface area (Å²) >= 11 is 3.47. The van der Waals surface area contributed by atoms with Gasteiger partial charge in [0.1, 0.15) is 5.75 Å². The lowest BCUT2D eigenvalue weighted by Gasteiger charge is -2.33. The van der Waals surface area contributed by atoms with Crippen LogP contribution in [0.5, 0.6) is 5.75 Å². The Morgan fingerprint density at radius 2 is 1.96 bits per heavy atom. The Kier molecular flexibility index (Phi) is 4.86. The zero-order chi connectivity index (χ0) is 16.2. The number of anilines is 1. The average molecular weight is 374 g/mol. The highest BCUT2D eigenvalue weighted by Crippen LogP contribution is 2.39. The molecule has 5 heteroatoms. The molecule has 0 heterocycles. The maximum absolute atomic E-state index is 6.00. The highest BCUT2D eigenvalue weighted by atomic mass is 79.9. The van der Waals surface area contributed by atoms with Gasteiger partial charge in [-0.1, -0.05) is 34.1 Å². The number of methoxy groups -OCH3 is 1. The van der Waals surface area contributed by atoms with Gasteiger partial charge in [-0.25, -0.2) is 4.99 Å². The van der Waals surface area contributed by atoms with Crippen LogP contribution in [0.3, 0.4) is 0 Å². The van der Waals surface area contributed by atoms with E-state index in [2.05, 4.69) is 50.5 Å². The maximum Gasteiger partial charge on any atom is 0.193 e. The Balaban J connectivity index is 1.55. The number of hydrogen-bond acceptors (Lipinski definition) is 2. The van der Waals surface area contributed by atoms with Crippen molar-refractivity contribution in [2.45, 2.75) is 24.8 Å². The second-order valence-corrected chi connectivity index (χ2v) is 6.66. The first kappa shape index (κ1) is 15.9. The third kappa shape index (κ3) is 4.05. The monoisotopic (exact) mass is 373 g/mol. The van der Waals surface area contributed by atoms with E-state index in [0.717, 1.165) is 28.8 Å². The number of aliphatic imine (C=N–C) groups is 1. The van der Waals surface area contributed by atoms with E-state index in [4.69, 9.17) is 10.5 Å². The van der Waals surface area contributed by atoms with Gasteiger partial charge >= 0.3 is 0 Å². The molecule has 1 fully saturated rings. The minimum Gasteiger partial charge on any atom is -0.497 e. The summed E-state index contributed by atoms with van der Waals surface area (Å²) in [5.41, 5.74) is 8.26. The zero-order valence-electron chi connectivity index (χ0n) is 13.0. The van der Waals surface area contributed by atoms with Crippen LogP contribution in [0.4, 0.5) is 5.69 Å². The lowest BCUT2D eigenvalue weighted by molar-refractivity contribution is 0.353. The van der Waals surface area contributed by atoms with Crippen LogP contribution < -0.4 is 15.8 Å². The molecule has 0 saturated heterocycles. The van der Waals surface area contributed by atoms with Crippen molar-refractivity contribution in [3.8, 4) is 5.75 Å². The van der Waals surface area contributed by atoms with Crippen LogP contribution in [0.15, 0.2) is 58.0 Å². The SMILES string of the molecule is COc1cccc(NC(N)=NC2CC(c3ccc(Br)cc3)C2)c1. The van der Waals surface area contributed by atoms with Gasteiger partial charge in [-0.2, -0.15) is 0 Å². The molecule has 2 aromatic rings. The molecule has 3 N–H and O–H groups in total. The Bertz CT molecular complexity index is 694. The summed E-state index contributed by atoms with van der Waals surface area (Å²) in [5, 5.41) is 3.12. The zero-order valence-corrected chi connectivity index (χ0v) is 14.6. The Labute approximate surface area is 144 Å². The normalized spacial score (nSPS) is 20.7. The molecule has 0 atom stereocenters. The van der Waals surface area contributed by atoms with Crippen LogP contribution in [0, 0.1) is 0 Å². The number of nitrogens with two attached hydrogens (primary N) is 1. The highest BCUT2D eigenvalue weighted by molar-refractivity contribution is 9.10. The van der Waals surface area contributed by atoms with E-state index >= 15 is 0 Å². The summed E-state index contributed by atoms with van der Waals surface area (Å²) in [7, 11) is 1.65. The number of rotatable bonds is 4. The van der Waals surface area contributed by atoms with E-state index in [0.29, 0.717) is 17.9 Å². The summed E-state index contributed by atoms with van der Waals surface area (Å²) in [4.78, 5) is 4.56. The molecular formula is C18H20BrN3O. The molecule has 0 aromatic heterocycles. The van der Waals surface area contributed by atoms with Crippen molar-refractivity contribution in [3.05, 3.63) is 58.6 Å². The number of halogens is 1. The molecule has 0 bridgehead atoms. The van der Waals surface area contributed by atoms with Crippen molar-refractivity contribution < 1.29 is 4.74 Å². The summed E-state index contributed by atoms with van der Waals surface area (Å²) in [6.07, 6.45) is 2.09. The first-order valence-corrected chi connectivity index (χ1v) is 8.43. The van der Waals surface area contributed by atoms with E-state index in [9.17, 15) is 0 Å². The van der Waals surface area contributed by atoms with Crippen molar-refractivity contribution in [2.75, 3.05) is 12.4 Å². The molecule has 23 heavy (non-hydrogen) atoms. The standard InChI is InChI=1S/C18H20BrN3O/c1-23-17-4-2-3-15(11-17)21-18(20)22-16-9-13(10-16)12-5-7-14(19)8-6-12/h2-8,11,13,16H,9-10H2,1H3,(H3,20,21,22).